The molecule has 0 saturated heterocycles. The maximum Gasteiger partial charge on any atom is 0.278 e. The van der Waals surface area contributed by atoms with Crippen molar-refractivity contribution in [3.05, 3.63) is 70.2 Å². The van der Waals surface area contributed by atoms with Crippen molar-refractivity contribution in [2.45, 2.75) is 58.2 Å². The fraction of sp³-hybridized carbons (Fsp3) is 0.387. The summed E-state index contributed by atoms with van der Waals surface area (Å²) in [6, 6.07) is 9.96. The molecule has 3 aliphatic heterocycles. The van der Waals surface area contributed by atoms with E-state index in [-0.39, 0.29) is 16.9 Å². The van der Waals surface area contributed by atoms with Crippen molar-refractivity contribution >= 4 is 34.4 Å². The van der Waals surface area contributed by atoms with E-state index in [1.54, 1.807) is 46.4 Å². The van der Waals surface area contributed by atoms with Gasteiger partial charge in [-0.1, -0.05) is 32.1 Å². The smallest absolute Gasteiger partial charge is 0.278 e. The number of rotatable bonds is 2. The Kier molecular flexibility index (Phi) is 5.81. The number of pyridine rings is 1. The fourth-order valence-electron chi connectivity index (χ4n) is 6.40. The molecule has 42 heavy (non-hydrogen) atoms. The number of carbonyl (C=O) groups excluding carboxylic acids is 1. The molecule has 1 aromatic carbocycles. The van der Waals surface area contributed by atoms with Gasteiger partial charge < -0.3 is 15.0 Å². The van der Waals surface area contributed by atoms with Crippen LogP contribution in [0.2, 0.25) is 0 Å². The van der Waals surface area contributed by atoms with Crippen LogP contribution < -0.4 is 20.5 Å². The Balaban J connectivity index is 1.34. The predicted octanol–water partition coefficient (Wildman–Crippen LogP) is 3.91. The number of amides is 1. The van der Waals surface area contributed by atoms with Crippen LogP contribution in [0.1, 0.15) is 45.2 Å². The second-order valence-corrected chi connectivity index (χ2v) is 12.5. The summed E-state index contributed by atoms with van der Waals surface area (Å²) in [4.78, 5) is 45.0. The first kappa shape index (κ1) is 26.4. The number of anilines is 3. The molecule has 0 saturated carbocycles. The summed E-state index contributed by atoms with van der Waals surface area (Å²) >= 11 is 0. The lowest BCUT2D eigenvalue weighted by Gasteiger charge is -2.38. The maximum absolute atomic E-state index is 13.6. The summed E-state index contributed by atoms with van der Waals surface area (Å²) in [7, 11) is 2.15. The van der Waals surface area contributed by atoms with Gasteiger partial charge in [-0.3, -0.25) is 14.5 Å². The molecule has 0 atom stereocenters. The molecule has 2 bridgehead atoms. The Hall–Kier alpha value is -4.51. The Morgan fingerprint density at radius 1 is 1.02 bits per heavy atom. The van der Waals surface area contributed by atoms with Gasteiger partial charge in [0.1, 0.15) is 5.39 Å². The summed E-state index contributed by atoms with van der Waals surface area (Å²) in [6.07, 6.45) is 6.09. The van der Waals surface area contributed by atoms with Gasteiger partial charge in [-0.05, 0) is 62.7 Å². The van der Waals surface area contributed by atoms with Crippen LogP contribution in [0, 0.1) is 0 Å². The molecule has 11 heteroatoms. The van der Waals surface area contributed by atoms with E-state index in [0.717, 1.165) is 18.8 Å². The minimum absolute atomic E-state index is 0.00601. The lowest BCUT2D eigenvalue weighted by Crippen LogP contribution is -2.53. The number of benzene rings is 1. The van der Waals surface area contributed by atoms with Crippen LogP contribution in [-0.2, 0) is 23.3 Å². The lowest BCUT2D eigenvalue weighted by atomic mass is 9.78. The molecule has 0 unspecified atom stereocenters. The normalized spacial score (nSPS) is 19.8. The van der Waals surface area contributed by atoms with Crippen LogP contribution >= 0.6 is 0 Å². The van der Waals surface area contributed by atoms with Crippen LogP contribution in [0.3, 0.4) is 0 Å². The highest BCUT2D eigenvalue weighted by Gasteiger charge is 2.42. The maximum atomic E-state index is 13.6. The van der Waals surface area contributed by atoms with E-state index in [1.807, 2.05) is 18.2 Å². The van der Waals surface area contributed by atoms with Crippen LogP contribution in [0.4, 0.5) is 17.5 Å². The van der Waals surface area contributed by atoms with E-state index in [2.05, 4.69) is 48.2 Å². The number of hydrogen-bond donors (Lipinski definition) is 1. The van der Waals surface area contributed by atoms with Gasteiger partial charge in [-0.15, -0.1) is 0 Å². The predicted molar refractivity (Wildman–Crippen MR) is 161 cm³/mol. The number of carbonyl (C=O) groups is 1. The van der Waals surface area contributed by atoms with Crippen molar-refractivity contribution in [3.63, 3.8) is 0 Å². The molecule has 0 aliphatic carbocycles. The first-order chi connectivity index (χ1) is 20.0. The van der Waals surface area contributed by atoms with Crippen molar-refractivity contribution in [2.24, 2.45) is 0 Å². The number of hydrogen-bond acceptors (Lipinski definition) is 8. The first-order valence-electron chi connectivity index (χ1n) is 14.3. The molecular formula is C31H34N8O3. The zero-order chi connectivity index (χ0) is 29.4. The Bertz CT molecular complexity index is 1850. The average Bonchev–Trinajstić information content (AvgIpc) is 3.19. The lowest BCUT2D eigenvalue weighted by molar-refractivity contribution is -0.132. The highest BCUT2D eigenvalue weighted by atomic mass is 16.5. The molecule has 216 valence electrons. The second kappa shape index (κ2) is 9.25. The van der Waals surface area contributed by atoms with Crippen molar-refractivity contribution in [2.75, 3.05) is 30.4 Å². The van der Waals surface area contributed by atoms with Gasteiger partial charge >= 0.3 is 0 Å². The fourth-order valence-corrected chi connectivity index (χ4v) is 6.40. The molecule has 4 aromatic rings. The zero-order valence-corrected chi connectivity index (χ0v) is 24.5. The van der Waals surface area contributed by atoms with E-state index in [1.165, 1.54) is 11.1 Å². The zero-order valence-electron chi connectivity index (χ0n) is 24.5. The minimum atomic E-state index is -1.00. The van der Waals surface area contributed by atoms with Crippen molar-refractivity contribution < 1.29 is 9.53 Å². The van der Waals surface area contributed by atoms with Crippen LogP contribution in [0.15, 0.2) is 53.5 Å². The number of aromatic nitrogens is 5. The van der Waals surface area contributed by atoms with Gasteiger partial charge in [0.05, 0.1) is 6.54 Å². The topological polar surface area (TPSA) is 110 Å². The molecule has 1 N–H and O–H groups in total. The number of nitrogens with zero attached hydrogens (tertiary/aromatic N) is 7. The SMILES string of the molecule is CN1Cc2ccc(Nc3ncc4c(=O)n5n(c4n3)-c3ccc4c(n3)N(CC/C=C/C5)C(=O)C(C)(C)O4)cc2C(C)(C)C1. The third-order valence-electron chi connectivity index (χ3n) is 8.26. The molecule has 6 heterocycles. The van der Waals surface area contributed by atoms with E-state index in [0.29, 0.717) is 53.9 Å². The van der Waals surface area contributed by atoms with Crippen molar-refractivity contribution in [1.29, 1.82) is 0 Å². The highest BCUT2D eigenvalue weighted by Crippen LogP contribution is 2.38. The molecule has 3 aromatic heterocycles. The molecule has 7 rings (SSSR count). The molecule has 0 fully saturated rings. The van der Waals surface area contributed by atoms with E-state index >= 15 is 0 Å². The highest BCUT2D eigenvalue weighted by molar-refractivity contribution is 6.01. The van der Waals surface area contributed by atoms with E-state index in [9.17, 15) is 9.59 Å². The van der Waals surface area contributed by atoms with Crippen LogP contribution in [0.25, 0.3) is 16.9 Å². The third kappa shape index (κ3) is 4.18. The van der Waals surface area contributed by atoms with Gasteiger partial charge in [0.2, 0.25) is 5.95 Å². The first-order valence-corrected chi connectivity index (χ1v) is 14.3. The van der Waals surface area contributed by atoms with Gasteiger partial charge in [0, 0.05) is 36.9 Å². The van der Waals surface area contributed by atoms with E-state index in [4.69, 9.17) is 14.7 Å². The van der Waals surface area contributed by atoms with E-state index < -0.39 is 5.60 Å². The molecule has 0 spiro atoms. The molecular weight excluding hydrogens is 532 g/mol. The van der Waals surface area contributed by atoms with Gasteiger partial charge in [0.15, 0.2) is 28.6 Å². The average molecular weight is 567 g/mol. The molecule has 0 radical (unpaired) electrons. The van der Waals surface area contributed by atoms with Crippen molar-refractivity contribution in [1.82, 2.24) is 29.2 Å². The Morgan fingerprint density at radius 3 is 2.69 bits per heavy atom. The van der Waals surface area contributed by atoms with Crippen LogP contribution in [0.5, 0.6) is 5.75 Å². The number of allylic oxidation sites excluding steroid dienone is 1. The van der Waals surface area contributed by atoms with Gasteiger partial charge in [0.25, 0.3) is 11.5 Å². The van der Waals surface area contributed by atoms with Gasteiger partial charge in [-0.25, -0.2) is 19.3 Å². The summed E-state index contributed by atoms with van der Waals surface area (Å²) in [5, 5.41) is 3.74. The third-order valence-corrected chi connectivity index (χ3v) is 8.26. The quantitative estimate of drug-likeness (QED) is 0.364. The number of ether oxygens (including phenoxy) is 1. The van der Waals surface area contributed by atoms with Gasteiger partial charge in [-0.2, -0.15) is 4.98 Å². The minimum Gasteiger partial charge on any atom is -0.474 e. The molecule has 1 amide bonds. The monoisotopic (exact) mass is 566 g/mol. The Labute approximate surface area is 243 Å². The standard InChI is InChI=1S/C31H34N8O3/c1-30(2)18-36(5)17-19-9-10-20(15-22(19)30)33-29-32-16-21-25(35-29)39-24-12-11-23-26(34-24)37(28(41)31(3,4)42-23)13-7-6-8-14-38(39)27(21)40/h6,8-12,15-16H,7,13-14,17-18H2,1-5H3,(H,32,33,35)/b8-6+. The summed E-state index contributed by atoms with van der Waals surface area (Å²) in [5.41, 5.74) is 2.70. The second-order valence-electron chi connectivity index (χ2n) is 12.5. The summed E-state index contributed by atoms with van der Waals surface area (Å²) in [5.74, 6) is 1.63. The summed E-state index contributed by atoms with van der Waals surface area (Å²) in [6.45, 7) is 10.7. The van der Waals surface area contributed by atoms with Crippen LogP contribution in [-0.4, -0.2) is 60.9 Å². The number of nitrogens with one attached hydrogen (secondary N) is 1. The summed E-state index contributed by atoms with van der Waals surface area (Å²) < 4.78 is 9.33. The number of fused-ring (bicyclic) bond motifs is 6. The largest absolute Gasteiger partial charge is 0.474 e. The van der Waals surface area contributed by atoms with Crippen molar-refractivity contribution in [3.8, 4) is 11.6 Å². The number of likely N-dealkylation sites (N-methyl/N-ethyl adjacent to an activating group) is 1. The Morgan fingerprint density at radius 2 is 1.86 bits per heavy atom. The molecule has 11 nitrogen and oxygen atoms in total. The molecule has 3 aliphatic rings.